The van der Waals surface area contributed by atoms with Crippen LogP contribution in [-0.2, 0) is 0 Å². The summed E-state index contributed by atoms with van der Waals surface area (Å²) in [5.41, 5.74) is 1.09. The maximum atomic E-state index is 11.0. The van der Waals surface area contributed by atoms with Crippen LogP contribution in [0.5, 0.6) is 0 Å². The lowest BCUT2D eigenvalue weighted by Crippen LogP contribution is -2.39. The molecule has 0 unspecified atom stereocenters. The molecule has 2 aromatic rings. The molecule has 2 N–H and O–H groups in total. The predicted octanol–water partition coefficient (Wildman–Crippen LogP) is 2.91. The standard InChI is InChI=1S/C16H17ClN4O2/c17-13-10-11(15(22)23)2-3-14(13)21-8-4-12(5-9-21)20-16-18-6-1-7-19-16/h1-3,6-7,10,12H,4-5,8-9H2,(H,22,23)(H,18,19,20). The van der Waals surface area contributed by atoms with Crippen molar-refractivity contribution in [2.75, 3.05) is 23.3 Å². The molecule has 1 aliphatic rings. The van der Waals surface area contributed by atoms with E-state index in [1.54, 1.807) is 30.6 Å². The number of carboxylic acids is 1. The second kappa shape index (κ2) is 6.83. The van der Waals surface area contributed by atoms with Crippen LogP contribution in [0.3, 0.4) is 0 Å². The third-order valence-electron chi connectivity index (χ3n) is 3.93. The van der Waals surface area contributed by atoms with E-state index in [0.717, 1.165) is 31.6 Å². The largest absolute Gasteiger partial charge is 0.478 e. The topological polar surface area (TPSA) is 78.4 Å². The monoisotopic (exact) mass is 332 g/mol. The summed E-state index contributed by atoms with van der Waals surface area (Å²) in [6, 6.07) is 6.98. The molecule has 0 spiro atoms. The second-order valence-electron chi connectivity index (χ2n) is 5.45. The van der Waals surface area contributed by atoms with Crippen molar-refractivity contribution in [2.45, 2.75) is 18.9 Å². The van der Waals surface area contributed by atoms with E-state index in [9.17, 15) is 4.79 Å². The van der Waals surface area contributed by atoms with Gasteiger partial charge in [-0.25, -0.2) is 14.8 Å². The number of anilines is 2. The fraction of sp³-hybridized carbons (Fsp3) is 0.312. The third kappa shape index (κ3) is 3.71. The van der Waals surface area contributed by atoms with Crippen LogP contribution < -0.4 is 10.2 Å². The van der Waals surface area contributed by atoms with E-state index in [1.807, 2.05) is 0 Å². The maximum absolute atomic E-state index is 11.0. The number of nitrogens with one attached hydrogen (secondary N) is 1. The lowest BCUT2D eigenvalue weighted by atomic mass is 10.0. The fourth-order valence-corrected chi connectivity index (χ4v) is 3.02. The minimum Gasteiger partial charge on any atom is -0.478 e. The van der Waals surface area contributed by atoms with Crippen LogP contribution in [0.4, 0.5) is 11.6 Å². The zero-order valence-electron chi connectivity index (χ0n) is 12.4. The molecule has 0 saturated carbocycles. The first-order valence-electron chi connectivity index (χ1n) is 7.45. The van der Waals surface area contributed by atoms with E-state index >= 15 is 0 Å². The molecule has 1 saturated heterocycles. The summed E-state index contributed by atoms with van der Waals surface area (Å²) in [7, 11) is 0. The quantitative estimate of drug-likeness (QED) is 0.896. The highest BCUT2D eigenvalue weighted by Gasteiger charge is 2.21. The molecule has 23 heavy (non-hydrogen) atoms. The third-order valence-corrected chi connectivity index (χ3v) is 4.23. The molecule has 120 valence electrons. The zero-order chi connectivity index (χ0) is 16.2. The summed E-state index contributed by atoms with van der Waals surface area (Å²) in [6.45, 7) is 1.69. The summed E-state index contributed by atoms with van der Waals surface area (Å²) < 4.78 is 0. The van der Waals surface area contributed by atoms with Crippen molar-refractivity contribution in [2.24, 2.45) is 0 Å². The SMILES string of the molecule is O=C(O)c1ccc(N2CCC(Nc3ncccn3)CC2)c(Cl)c1. The highest BCUT2D eigenvalue weighted by atomic mass is 35.5. The maximum Gasteiger partial charge on any atom is 0.335 e. The van der Waals surface area contributed by atoms with Crippen LogP contribution in [0.1, 0.15) is 23.2 Å². The molecule has 0 bridgehead atoms. The number of rotatable bonds is 4. The average Bonchev–Trinajstić information content (AvgIpc) is 2.56. The fourth-order valence-electron chi connectivity index (χ4n) is 2.72. The second-order valence-corrected chi connectivity index (χ2v) is 5.86. The predicted molar refractivity (Wildman–Crippen MR) is 89.3 cm³/mol. The van der Waals surface area contributed by atoms with E-state index in [-0.39, 0.29) is 5.56 Å². The molecule has 3 rings (SSSR count). The van der Waals surface area contributed by atoms with Gasteiger partial charge in [0.15, 0.2) is 0 Å². The molecule has 1 aromatic heterocycles. The molecule has 0 radical (unpaired) electrons. The number of aromatic carboxylic acids is 1. The van der Waals surface area contributed by atoms with Gasteiger partial charge in [0.05, 0.1) is 16.3 Å². The van der Waals surface area contributed by atoms with Crippen LogP contribution in [0.15, 0.2) is 36.7 Å². The van der Waals surface area contributed by atoms with Gasteiger partial charge in [-0.3, -0.25) is 0 Å². The van der Waals surface area contributed by atoms with Gasteiger partial charge in [0.2, 0.25) is 5.95 Å². The van der Waals surface area contributed by atoms with E-state index < -0.39 is 5.97 Å². The summed E-state index contributed by atoms with van der Waals surface area (Å²) in [5.74, 6) is -0.320. The Kier molecular flexibility index (Phi) is 4.62. The first-order valence-corrected chi connectivity index (χ1v) is 7.82. The average molecular weight is 333 g/mol. The van der Waals surface area contributed by atoms with E-state index in [4.69, 9.17) is 16.7 Å². The van der Waals surface area contributed by atoms with Crippen molar-refractivity contribution in [1.82, 2.24) is 9.97 Å². The smallest absolute Gasteiger partial charge is 0.335 e. The highest BCUT2D eigenvalue weighted by molar-refractivity contribution is 6.33. The molecule has 7 heteroatoms. The zero-order valence-corrected chi connectivity index (χ0v) is 13.2. The first kappa shape index (κ1) is 15.6. The van der Waals surface area contributed by atoms with Crippen molar-refractivity contribution in [3.05, 3.63) is 47.2 Å². The molecule has 6 nitrogen and oxygen atoms in total. The molecule has 1 fully saturated rings. The minimum absolute atomic E-state index is 0.205. The number of aromatic nitrogens is 2. The number of piperidine rings is 1. The van der Waals surface area contributed by atoms with E-state index in [2.05, 4.69) is 20.2 Å². The molecule has 0 atom stereocenters. The Hall–Kier alpha value is -2.34. The number of nitrogens with zero attached hydrogens (tertiary/aromatic N) is 3. The molecule has 2 heterocycles. The molecular weight excluding hydrogens is 316 g/mol. The first-order chi connectivity index (χ1) is 11.1. The minimum atomic E-state index is -0.968. The van der Waals surface area contributed by atoms with Gasteiger partial charge in [0.25, 0.3) is 0 Å². The van der Waals surface area contributed by atoms with Crippen LogP contribution in [0.25, 0.3) is 0 Å². The summed E-state index contributed by atoms with van der Waals surface area (Å²) in [6.07, 6.45) is 5.31. The van der Waals surface area contributed by atoms with Crippen molar-refractivity contribution in [3.63, 3.8) is 0 Å². The highest BCUT2D eigenvalue weighted by Crippen LogP contribution is 2.29. The molecule has 0 amide bonds. The Morgan fingerprint density at radius 1 is 1.26 bits per heavy atom. The Labute approximate surface area is 139 Å². The van der Waals surface area contributed by atoms with Crippen LogP contribution in [0, 0.1) is 0 Å². The normalized spacial score (nSPS) is 15.4. The molecule has 1 aromatic carbocycles. The van der Waals surface area contributed by atoms with Gasteiger partial charge in [0.1, 0.15) is 0 Å². The number of carboxylic acid groups (broad SMARTS) is 1. The lowest BCUT2D eigenvalue weighted by molar-refractivity contribution is 0.0697. The lowest BCUT2D eigenvalue weighted by Gasteiger charge is -2.34. The molecule has 1 aliphatic heterocycles. The van der Waals surface area contributed by atoms with E-state index in [1.165, 1.54) is 6.07 Å². The van der Waals surface area contributed by atoms with Crippen molar-refractivity contribution in [1.29, 1.82) is 0 Å². The van der Waals surface area contributed by atoms with Gasteiger partial charge >= 0.3 is 5.97 Å². The van der Waals surface area contributed by atoms with Crippen molar-refractivity contribution >= 4 is 29.2 Å². The summed E-state index contributed by atoms with van der Waals surface area (Å²) in [5, 5.41) is 12.8. The van der Waals surface area contributed by atoms with Gasteiger partial charge in [0, 0.05) is 31.5 Å². The Morgan fingerprint density at radius 3 is 2.57 bits per heavy atom. The Balaban J connectivity index is 1.62. The summed E-state index contributed by atoms with van der Waals surface area (Å²) >= 11 is 6.23. The van der Waals surface area contributed by atoms with Crippen LogP contribution in [0.2, 0.25) is 5.02 Å². The number of halogens is 1. The van der Waals surface area contributed by atoms with Gasteiger partial charge in [-0.15, -0.1) is 0 Å². The Morgan fingerprint density at radius 2 is 1.96 bits per heavy atom. The summed E-state index contributed by atoms with van der Waals surface area (Å²) in [4.78, 5) is 21.5. The van der Waals surface area contributed by atoms with Crippen LogP contribution in [-0.4, -0.2) is 40.2 Å². The van der Waals surface area contributed by atoms with Crippen LogP contribution >= 0.6 is 11.6 Å². The number of carbonyl (C=O) groups is 1. The molecular formula is C16H17ClN4O2. The molecule has 0 aliphatic carbocycles. The van der Waals surface area contributed by atoms with Gasteiger partial charge in [-0.1, -0.05) is 11.6 Å². The van der Waals surface area contributed by atoms with E-state index in [0.29, 0.717) is 17.0 Å². The van der Waals surface area contributed by atoms with Gasteiger partial charge in [-0.2, -0.15) is 0 Å². The van der Waals surface area contributed by atoms with Crippen molar-refractivity contribution < 1.29 is 9.90 Å². The number of benzene rings is 1. The van der Waals surface area contributed by atoms with Gasteiger partial charge in [-0.05, 0) is 37.1 Å². The number of hydrogen-bond acceptors (Lipinski definition) is 5. The van der Waals surface area contributed by atoms with Gasteiger partial charge < -0.3 is 15.3 Å². The van der Waals surface area contributed by atoms with Crippen molar-refractivity contribution in [3.8, 4) is 0 Å². The number of hydrogen-bond donors (Lipinski definition) is 2. The Bertz CT molecular complexity index is 688.